The molecular formula is C9H16O3. The molecule has 1 N–H and O–H groups in total. The normalized spacial score (nSPS) is 16.0. The zero-order chi connectivity index (χ0) is 9.56. The van der Waals surface area contributed by atoms with E-state index in [0.717, 1.165) is 6.42 Å². The molecule has 3 nitrogen and oxygen atoms in total. The molecule has 2 atom stereocenters. The Labute approximate surface area is 73.0 Å². The Morgan fingerprint density at radius 1 is 1.67 bits per heavy atom. The highest BCUT2D eigenvalue weighted by Crippen LogP contribution is 2.07. The highest BCUT2D eigenvalue weighted by atomic mass is 16.5. The number of ether oxygens (including phenoxy) is 1. The summed E-state index contributed by atoms with van der Waals surface area (Å²) in [6, 6.07) is 0. The molecule has 70 valence electrons. The molecule has 0 saturated heterocycles. The van der Waals surface area contributed by atoms with Gasteiger partial charge in [-0.3, -0.25) is 0 Å². The number of aliphatic hydroxyl groups excluding tert-OH is 1. The summed E-state index contributed by atoms with van der Waals surface area (Å²) in [6.45, 7) is 3.91. The summed E-state index contributed by atoms with van der Waals surface area (Å²) in [5, 5.41) is 9.37. The van der Waals surface area contributed by atoms with E-state index in [9.17, 15) is 9.90 Å². The predicted molar refractivity (Wildman–Crippen MR) is 46.6 cm³/mol. The Hall–Kier alpha value is -0.830. The maximum Gasteiger partial charge on any atom is 0.330 e. The maximum absolute atomic E-state index is 10.6. The topological polar surface area (TPSA) is 46.5 Å². The van der Waals surface area contributed by atoms with Gasteiger partial charge >= 0.3 is 5.97 Å². The first-order chi connectivity index (χ1) is 5.61. The van der Waals surface area contributed by atoms with Gasteiger partial charge in [0.1, 0.15) is 0 Å². The Morgan fingerprint density at radius 3 is 2.67 bits per heavy atom. The van der Waals surface area contributed by atoms with Gasteiger partial charge in [0, 0.05) is 6.08 Å². The van der Waals surface area contributed by atoms with Crippen molar-refractivity contribution in [3.05, 3.63) is 12.2 Å². The molecule has 0 aliphatic carbocycles. The molecule has 0 aliphatic rings. The van der Waals surface area contributed by atoms with E-state index in [0.29, 0.717) is 0 Å². The average Bonchev–Trinajstić information content (AvgIpc) is 2.11. The predicted octanol–water partition coefficient (Wildman–Crippen LogP) is 1.12. The highest BCUT2D eigenvalue weighted by Gasteiger charge is 2.08. The third kappa shape index (κ3) is 4.13. The average molecular weight is 172 g/mol. The van der Waals surface area contributed by atoms with Gasteiger partial charge in [0.05, 0.1) is 13.2 Å². The van der Waals surface area contributed by atoms with Crippen LogP contribution < -0.4 is 0 Å². The first-order valence-corrected chi connectivity index (χ1v) is 4.06. The van der Waals surface area contributed by atoms with Crippen LogP contribution in [0.4, 0.5) is 0 Å². The molecule has 0 aromatic heterocycles. The van der Waals surface area contributed by atoms with Crippen LogP contribution in [0.5, 0.6) is 0 Å². The van der Waals surface area contributed by atoms with E-state index in [4.69, 9.17) is 0 Å². The lowest BCUT2D eigenvalue weighted by molar-refractivity contribution is -0.134. The number of aliphatic hydroxyl groups is 1. The summed E-state index contributed by atoms with van der Waals surface area (Å²) in [5.41, 5.74) is 0. The van der Waals surface area contributed by atoms with Crippen molar-refractivity contribution >= 4 is 5.97 Å². The zero-order valence-electron chi connectivity index (χ0n) is 7.78. The molecule has 0 spiro atoms. The van der Waals surface area contributed by atoms with Crippen molar-refractivity contribution in [2.75, 3.05) is 7.11 Å². The fourth-order valence-electron chi connectivity index (χ4n) is 0.676. The second kappa shape index (κ2) is 5.77. The van der Waals surface area contributed by atoms with Crippen molar-refractivity contribution in [3.8, 4) is 0 Å². The van der Waals surface area contributed by atoms with Crippen molar-refractivity contribution in [2.45, 2.75) is 26.4 Å². The van der Waals surface area contributed by atoms with E-state index in [1.54, 1.807) is 0 Å². The molecule has 0 aromatic rings. The third-order valence-electron chi connectivity index (χ3n) is 1.86. The van der Waals surface area contributed by atoms with E-state index in [1.807, 2.05) is 13.8 Å². The van der Waals surface area contributed by atoms with E-state index in [2.05, 4.69) is 4.74 Å². The van der Waals surface area contributed by atoms with Gasteiger partial charge in [0.15, 0.2) is 0 Å². The number of carbonyl (C=O) groups is 1. The van der Waals surface area contributed by atoms with Crippen LogP contribution in [0.25, 0.3) is 0 Å². The first-order valence-electron chi connectivity index (χ1n) is 4.06. The number of methoxy groups -OCH3 is 1. The number of rotatable bonds is 4. The van der Waals surface area contributed by atoms with Crippen molar-refractivity contribution in [2.24, 2.45) is 5.92 Å². The molecule has 0 unspecified atom stereocenters. The first kappa shape index (κ1) is 11.2. The summed E-state index contributed by atoms with van der Waals surface area (Å²) < 4.78 is 4.38. The third-order valence-corrected chi connectivity index (χ3v) is 1.86. The number of esters is 1. The van der Waals surface area contributed by atoms with Crippen LogP contribution in [0, 0.1) is 5.92 Å². The van der Waals surface area contributed by atoms with Crippen LogP contribution in [0.15, 0.2) is 12.2 Å². The van der Waals surface area contributed by atoms with Crippen LogP contribution in [0.2, 0.25) is 0 Å². The molecule has 3 heteroatoms. The fourth-order valence-corrected chi connectivity index (χ4v) is 0.676. The van der Waals surface area contributed by atoms with Gasteiger partial charge in [0.25, 0.3) is 0 Å². The van der Waals surface area contributed by atoms with E-state index in [1.165, 1.54) is 19.3 Å². The summed E-state index contributed by atoms with van der Waals surface area (Å²) in [4.78, 5) is 10.6. The summed E-state index contributed by atoms with van der Waals surface area (Å²) in [7, 11) is 1.31. The van der Waals surface area contributed by atoms with Crippen LogP contribution >= 0.6 is 0 Å². The summed E-state index contributed by atoms with van der Waals surface area (Å²) in [5.74, 6) is -0.261. The van der Waals surface area contributed by atoms with Gasteiger partial charge in [-0.2, -0.15) is 0 Å². The van der Waals surface area contributed by atoms with E-state index < -0.39 is 12.1 Å². The van der Waals surface area contributed by atoms with Crippen LogP contribution in [-0.4, -0.2) is 24.3 Å². The number of hydrogen-bond donors (Lipinski definition) is 1. The minimum atomic E-state index is -0.561. The van der Waals surface area contributed by atoms with E-state index >= 15 is 0 Å². The second-order valence-corrected chi connectivity index (χ2v) is 2.76. The Balaban J connectivity index is 3.90. The SMILES string of the molecule is CC[C@H](C)[C@H](O)/C=C/C(=O)OC. The van der Waals surface area contributed by atoms with Gasteiger partial charge in [-0.1, -0.05) is 20.3 Å². The maximum atomic E-state index is 10.6. The quantitative estimate of drug-likeness (QED) is 0.510. The molecule has 0 radical (unpaired) electrons. The van der Waals surface area contributed by atoms with Gasteiger partial charge < -0.3 is 9.84 Å². The fraction of sp³-hybridized carbons (Fsp3) is 0.667. The van der Waals surface area contributed by atoms with Crippen LogP contribution in [0.1, 0.15) is 20.3 Å². The lowest BCUT2D eigenvalue weighted by Gasteiger charge is -2.11. The minimum Gasteiger partial charge on any atom is -0.466 e. The van der Waals surface area contributed by atoms with Crippen LogP contribution in [0.3, 0.4) is 0 Å². The molecule has 0 bridgehead atoms. The molecule has 0 rings (SSSR count). The lowest BCUT2D eigenvalue weighted by atomic mass is 10.0. The van der Waals surface area contributed by atoms with Crippen molar-refractivity contribution in [1.82, 2.24) is 0 Å². The Bertz CT molecular complexity index is 163. The van der Waals surface area contributed by atoms with Crippen molar-refractivity contribution in [3.63, 3.8) is 0 Å². The summed E-state index contributed by atoms with van der Waals surface area (Å²) >= 11 is 0. The number of hydrogen-bond acceptors (Lipinski definition) is 3. The van der Waals surface area contributed by atoms with Gasteiger partial charge in [-0.15, -0.1) is 0 Å². The molecule has 0 aliphatic heterocycles. The van der Waals surface area contributed by atoms with Crippen molar-refractivity contribution < 1.29 is 14.6 Å². The molecule has 0 saturated carbocycles. The minimum absolute atomic E-state index is 0.172. The number of carbonyl (C=O) groups excluding carboxylic acids is 1. The zero-order valence-corrected chi connectivity index (χ0v) is 7.78. The second-order valence-electron chi connectivity index (χ2n) is 2.76. The smallest absolute Gasteiger partial charge is 0.330 e. The monoisotopic (exact) mass is 172 g/mol. The van der Waals surface area contributed by atoms with E-state index in [-0.39, 0.29) is 5.92 Å². The standard InChI is InChI=1S/C9H16O3/c1-4-7(2)8(10)5-6-9(11)12-3/h5-8,10H,4H2,1-3H3/b6-5+/t7-,8+/m0/s1. The Kier molecular flexibility index (Phi) is 5.37. The summed E-state index contributed by atoms with van der Waals surface area (Å²) in [6.07, 6.45) is 3.03. The molecular weight excluding hydrogens is 156 g/mol. The van der Waals surface area contributed by atoms with Gasteiger partial charge in [-0.05, 0) is 12.0 Å². The Morgan fingerprint density at radius 2 is 2.25 bits per heavy atom. The molecule has 0 heterocycles. The molecule has 0 amide bonds. The van der Waals surface area contributed by atoms with Crippen LogP contribution in [-0.2, 0) is 9.53 Å². The molecule has 0 fully saturated rings. The van der Waals surface area contributed by atoms with Crippen molar-refractivity contribution in [1.29, 1.82) is 0 Å². The molecule has 0 aromatic carbocycles. The van der Waals surface area contributed by atoms with Gasteiger partial charge in [0.2, 0.25) is 0 Å². The largest absolute Gasteiger partial charge is 0.466 e. The van der Waals surface area contributed by atoms with Gasteiger partial charge in [-0.25, -0.2) is 4.79 Å². The lowest BCUT2D eigenvalue weighted by Crippen LogP contribution is -2.14. The highest BCUT2D eigenvalue weighted by molar-refractivity contribution is 5.81. The molecule has 12 heavy (non-hydrogen) atoms.